The molecule has 0 heterocycles. The highest BCUT2D eigenvalue weighted by atomic mass is 32.2. The minimum atomic E-state index is -4.74. The first-order valence-electron chi connectivity index (χ1n) is 5.38. The molecule has 106 valence electrons. The third-order valence-electron chi connectivity index (χ3n) is 2.49. The Morgan fingerprint density at radius 3 is 2.58 bits per heavy atom. The Bertz CT molecular complexity index is 466. The molecule has 0 saturated heterocycles. The lowest BCUT2D eigenvalue weighted by Gasteiger charge is -2.13. The average Bonchev–Trinajstić information content (AvgIpc) is 2.34. The first-order chi connectivity index (χ1) is 8.75. The smallest absolute Gasteiger partial charge is 0.384 e. The Labute approximate surface area is 112 Å². The molecule has 0 aliphatic carbocycles. The Balaban J connectivity index is 3.02. The number of hydrogen-bond acceptors (Lipinski definition) is 4. The van der Waals surface area contributed by atoms with E-state index in [0.717, 1.165) is 12.1 Å². The molecule has 0 aliphatic heterocycles. The summed E-state index contributed by atoms with van der Waals surface area (Å²) >= 11 is 1.57. The van der Waals surface area contributed by atoms with E-state index in [4.69, 9.17) is 0 Å². The maximum Gasteiger partial charge on any atom is 0.423 e. The molecule has 1 aromatic rings. The second kappa shape index (κ2) is 6.14. The summed E-state index contributed by atoms with van der Waals surface area (Å²) < 4.78 is 38.2. The number of benzene rings is 1. The molecule has 19 heavy (non-hydrogen) atoms. The maximum atomic E-state index is 12.7. The van der Waals surface area contributed by atoms with Gasteiger partial charge in [0, 0.05) is 23.5 Å². The minimum Gasteiger partial charge on any atom is -0.384 e. The molecule has 1 unspecified atom stereocenters. The van der Waals surface area contributed by atoms with E-state index in [-0.39, 0.29) is 10.9 Å². The molecule has 1 aromatic carbocycles. The van der Waals surface area contributed by atoms with Crippen molar-refractivity contribution in [1.29, 1.82) is 0 Å². The molecule has 0 spiro atoms. The lowest BCUT2D eigenvalue weighted by Crippen LogP contribution is -2.14. The summed E-state index contributed by atoms with van der Waals surface area (Å²) in [6.07, 6.45) is -2.85. The summed E-state index contributed by atoms with van der Waals surface area (Å²) in [6, 6.07) is 2.92. The van der Waals surface area contributed by atoms with Crippen LogP contribution in [0, 0.1) is 10.1 Å². The van der Waals surface area contributed by atoms with Crippen LogP contribution in [0.1, 0.15) is 12.5 Å². The molecule has 1 N–H and O–H groups in total. The van der Waals surface area contributed by atoms with Crippen molar-refractivity contribution in [2.45, 2.75) is 18.3 Å². The van der Waals surface area contributed by atoms with E-state index in [0.29, 0.717) is 6.54 Å². The number of nitrogens with zero attached hydrogens (tertiary/aromatic N) is 1. The number of thioether (sulfide) groups is 1. The fraction of sp³-hybridized carbons (Fsp3) is 0.455. The maximum absolute atomic E-state index is 12.7. The monoisotopic (exact) mass is 294 g/mol. The Morgan fingerprint density at radius 2 is 2.11 bits per heavy atom. The second-order valence-electron chi connectivity index (χ2n) is 3.91. The standard InChI is InChI=1S/C11H13F3N2O2S/c1-7(19-2)6-15-8-3-4-10(16(17)18)9(5-8)11(12,13)14/h3-5,7,15H,6H2,1-2H3. The van der Waals surface area contributed by atoms with Gasteiger partial charge in [0.05, 0.1) is 4.92 Å². The molecule has 0 aromatic heterocycles. The van der Waals surface area contributed by atoms with Gasteiger partial charge in [0.1, 0.15) is 5.56 Å². The van der Waals surface area contributed by atoms with Gasteiger partial charge >= 0.3 is 6.18 Å². The molecule has 1 atom stereocenters. The van der Waals surface area contributed by atoms with Crippen LogP contribution in [0.2, 0.25) is 0 Å². The number of rotatable bonds is 5. The van der Waals surface area contributed by atoms with Gasteiger partial charge in [-0.05, 0) is 18.4 Å². The van der Waals surface area contributed by atoms with Gasteiger partial charge in [-0.25, -0.2) is 0 Å². The highest BCUT2D eigenvalue weighted by Crippen LogP contribution is 2.37. The normalized spacial score (nSPS) is 13.1. The number of hydrogen-bond donors (Lipinski definition) is 1. The first kappa shape index (κ1) is 15.6. The molecule has 1 rings (SSSR count). The van der Waals surface area contributed by atoms with Crippen LogP contribution in [0.4, 0.5) is 24.5 Å². The largest absolute Gasteiger partial charge is 0.423 e. The summed E-state index contributed by atoms with van der Waals surface area (Å²) in [6.45, 7) is 2.41. The van der Waals surface area contributed by atoms with Crippen LogP contribution in [-0.2, 0) is 6.18 Å². The van der Waals surface area contributed by atoms with Crippen LogP contribution in [0.25, 0.3) is 0 Å². The van der Waals surface area contributed by atoms with Gasteiger partial charge in [-0.1, -0.05) is 6.92 Å². The minimum absolute atomic E-state index is 0.221. The zero-order chi connectivity index (χ0) is 14.6. The summed E-state index contributed by atoms with van der Waals surface area (Å²) in [5, 5.41) is 13.6. The van der Waals surface area contributed by atoms with Crippen LogP contribution < -0.4 is 5.32 Å². The van der Waals surface area contributed by atoms with E-state index in [1.165, 1.54) is 6.07 Å². The summed E-state index contributed by atoms with van der Waals surface area (Å²) in [4.78, 5) is 9.54. The van der Waals surface area contributed by atoms with E-state index < -0.39 is 22.4 Å². The van der Waals surface area contributed by atoms with E-state index in [2.05, 4.69) is 5.32 Å². The summed E-state index contributed by atoms with van der Waals surface area (Å²) in [7, 11) is 0. The molecule has 0 amide bonds. The number of nitro benzene ring substituents is 1. The molecular weight excluding hydrogens is 281 g/mol. The van der Waals surface area contributed by atoms with E-state index >= 15 is 0 Å². The topological polar surface area (TPSA) is 55.2 Å². The van der Waals surface area contributed by atoms with Gasteiger partial charge < -0.3 is 5.32 Å². The van der Waals surface area contributed by atoms with Gasteiger partial charge in [-0.15, -0.1) is 0 Å². The van der Waals surface area contributed by atoms with Crippen molar-refractivity contribution in [3.05, 3.63) is 33.9 Å². The fourth-order valence-electron chi connectivity index (χ4n) is 1.38. The van der Waals surface area contributed by atoms with E-state index in [1.807, 2.05) is 13.2 Å². The Kier molecular flexibility index (Phi) is 5.04. The lowest BCUT2D eigenvalue weighted by molar-refractivity contribution is -0.388. The molecule has 0 aliphatic rings. The summed E-state index contributed by atoms with van der Waals surface area (Å²) in [5.74, 6) is 0. The lowest BCUT2D eigenvalue weighted by atomic mass is 10.1. The number of nitrogens with one attached hydrogen (secondary N) is 1. The summed E-state index contributed by atoms with van der Waals surface area (Å²) in [5.41, 5.74) is -1.95. The highest BCUT2D eigenvalue weighted by Gasteiger charge is 2.38. The van der Waals surface area contributed by atoms with Crippen LogP contribution in [-0.4, -0.2) is 23.0 Å². The van der Waals surface area contributed by atoms with Crippen molar-refractivity contribution in [2.24, 2.45) is 0 Å². The molecule has 0 bridgehead atoms. The molecule has 8 heteroatoms. The van der Waals surface area contributed by atoms with Crippen molar-refractivity contribution in [3.8, 4) is 0 Å². The van der Waals surface area contributed by atoms with Crippen molar-refractivity contribution < 1.29 is 18.1 Å². The van der Waals surface area contributed by atoms with Gasteiger partial charge in [-0.3, -0.25) is 10.1 Å². The number of alkyl halides is 3. The molecule has 0 fully saturated rings. The molecular formula is C11H13F3N2O2S. The molecule has 0 saturated carbocycles. The fourth-order valence-corrected chi connectivity index (χ4v) is 1.63. The van der Waals surface area contributed by atoms with Crippen molar-refractivity contribution >= 4 is 23.1 Å². The van der Waals surface area contributed by atoms with Gasteiger partial charge in [-0.2, -0.15) is 24.9 Å². The first-order valence-corrected chi connectivity index (χ1v) is 6.66. The van der Waals surface area contributed by atoms with E-state index in [1.54, 1.807) is 11.8 Å². The number of anilines is 1. The molecule has 0 radical (unpaired) electrons. The van der Waals surface area contributed by atoms with E-state index in [9.17, 15) is 23.3 Å². The van der Waals surface area contributed by atoms with Crippen LogP contribution in [0.3, 0.4) is 0 Å². The van der Waals surface area contributed by atoms with Crippen molar-refractivity contribution in [1.82, 2.24) is 0 Å². The van der Waals surface area contributed by atoms with Crippen LogP contribution in [0.15, 0.2) is 18.2 Å². The third-order valence-corrected chi connectivity index (χ3v) is 3.47. The van der Waals surface area contributed by atoms with Crippen molar-refractivity contribution in [2.75, 3.05) is 18.1 Å². The predicted molar refractivity (Wildman–Crippen MR) is 69.6 cm³/mol. The average molecular weight is 294 g/mol. The zero-order valence-electron chi connectivity index (χ0n) is 10.3. The Hall–Kier alpha value is -1.44. The van der Waals surface area contributed by atoms with Gasteiger partial charge in [0.25, 0.3) is 5.69 Å². The van der Waals surface area contributed by atoms with Crippen LogP contribution in [0.5, 0.6) is 0 Å². The van der Waals surface area contributed by atoms with Crippen LogP contribution >= 0.6 is 11.8 Å². The SMILES string of the molecule is CSC(C)CNc1ccc([N+](=O)[O-])c(C(F)(F)F)c1. The zero-order valence-corrected chi connectivity index (χ0v) is 11.1. The molecule has 4 nitrogen and oxygen atoms in total. The predicted octanol–water partition coefficient (Wildman–Crippen LogP) is 3.78. The van der Waals surface area contributed by atoms with Gasteiger partial charge in [0.15, 0.2) is 0 Å². The third kappa shape index (κ3) is 4.30. The second-order valence-corrected chi connectivity index (χ2v) is 5.19. The quantitative estimate of drug-likeness (QED) is 0.663. The van der Waals surface area contributed by atoms with Crippen molar-refractivity contribution in [3.63, 3.8) is 0 Å². The number of nitro groups is 1. The highest BCUT2D eigenvalue weighted by molar-refractivity contribution is 7.99. The Morgan fingerprint density at radius 1 is 1.47 bits per heavy atom. The number of halogens is 3. The van der Waals surface area contributed by atoms with Gasteiger partial charge in [0.2, 0.25) is 0 Å².